The highest BCUT2D eigenvalue weighted by atomic mass is 16.5. The fourth-order valence-electron chi connectivity index (χ4n) is 3.48. The zero-order chi connectivity index (χ0) is 23.6. The van der Waals surface area contributed by atoms with Gasteiger partial charge in [-0.1, -0.05) is 67.6 Å². The maximum absolute atomic E-state index is 12.4. The van der Waals surface area contributed by atoms with Crippen LogP contribution >= 0.6 is 0 Å². The summed E-state index contributed by atoms with van der Waals surface area (Å²) in [5.41, 5.74) is 8.36. The van der Waals surface area contributed by atoms with E-state index in [1.807, 2.05) is 66.7 Å². The van der Waals surface area contributed by atoms with Gasteiger partial charge in [0.05, 0.1) is 0 Å². The summed E-state index contributed by atoms with van der Waals surface area (Å²) >= 11 is 0. The summed E-state index contributed by atoms with van der Waals surface area (Å²) in [6.07, 6.45) is 0. The normalized spacial score (nSPS) is 10.8. The molecule has 2 N–H and O–H groups in total. The second-order valence-electron chi connectivity index (χ2n) is 8.01. The first-order valence-corrected chi connectivity index (χ1v) is 11.2. The van der Waals surface area contributed by atoms with Gasteiger partial charge in [0.25, 0.3) is 11.8 Å². The molecule has 3 rings (SSSR count). The first kappa shape index (κ1) is 24.0. The molecule has 0 fully saturated rings. The van der Waals surface area contributed by atoms with E-state index in [4.69, 9.17) is 4.74 Å². The summed E-state index contributed by atoms with van der Waals surface area (Å²) in [5.74, 6) is -0.225. The average molecular weight is 446 g/mol. The lowest BCUT2D eigenvalue weighted by molar-refractivity contribution is -0.123. The molecule has 0 aliphatic carbocycles. The number of hydrogen-bond acceptors (Lipinski definition) is 4. The van der Waals surface area contributed by atoms with Gasteiger partial charge in [0.2, 0.25) is 0 Å². The van der Waals surface area contributed by atoms with Crippen molar-refractivity contribution in [1.29, 1.82) is 0 Å². The molecule has 3 aromatic rings. The summed E-state index contributed by atoms with van der Waals surface area (Å²) in [7, 11) is 0. The fraction of sp³-hybridized carbons (Fsp3) is 0.259. The zero-order valence-corrected chi connectivity index (χ0v) is 19.4. The van der Waals surface area contributed by atoms with E-state index in [9.17, 15) is 9.59 Å². The topological polar surface area (TPSA) is 70.7 Å². The molecule has 172 valence electrons. The SMILES string of the molecule is CCN(Cc1ccc(C(=O)NNC(=O)COc2ccccc2-c2ccccc2)cc1)C(C)C. The Hall–Kier alpha value is -3.64. The molecule has 6 nitrogen and oxygen atoms in total. The molecular weight excluding hydrogens is 414 g/mol. The summed E-state index contributed by atoms with van der Waals surface area (Å²) in [4.78, 5) is 26.9. The van der Waals surface area contributed by atoms with Crippen molar-refractivity contribution in [3.63, 3.8) is 0 Å². The van der Waals surface area contributed by atoms with Gasteiger partial charge in [-0.3, -0.25) is 25.3 Å². The van der Waals surface area contributed by atoms with Crippen LogP contribution in [0.2, 0.25) is 0 Å². The van der Waals surface area contributed by atoms with E-state index < -0.39 is 5.91 Å². The minimum Gasteiger partial charge on any atom is -0.483 e. The van der Waals surface area contributed by atoms with Gasteiger partial charge in [-0.05, 0) is 49.7 Å². The highest BCUT2D eigenvalue weighted by molar-refractivity contribution is 5.95. The van der Waals surface area contributed by atoms with Crippen LogP contribution in [-0.2, 0) is 11.3 Å². The third-order valence-corrected chi connectivity index (χ3v) is 5.38. The minimum absolute atomic E-state index is 0.217. The van der Waals surface area contributed by atoms with Gasteiger partial charge in [-0.2, -0.15) is 0 Å². The van der Waals surface area contributed by atoms with Crippen molar-refractivity contribution in [2.45, 2.75) is 33.4 Å². The number of nitrogens with zero attached hydrogens (tertiary/aromatic N) is 1. The molecule has 0 radical (unpaired) electrons. The third kappa shape index (κ3) is 6.92. The summed E-state index contributed by atoms with van der Waals surface area (Å²) < 4.78 is 5.71. The highest BCUT2D eigenvalue weighted by Gasteiger charge is 2.12. The molecule has 0 aliphatic heterocycles. The molecule has 0 saturated heterocycles. The smallest absolute Gasteiger partial charge is 0.276 e. The number of nitrogens with one attached hydrogen (secondary N) is 2. The van der Waals surface area contributed by atoms with Crippen LogP contribution in [0.3, 0.4) is 0 Å². The van der Waals surface area contributed by atoms with E-state index in [0.29, 0.717) is 17.4 Å². The number of hydrazine groups is 1. The number of benzene rings is 3. The molecule has 2 amide bonds. The van der Waals surface area contributed by atoms with E-state index in [1.165, 1.54) is 0 Å². The van der Waals surface area contributed by atoms with E-state index >= 15 is 0 Å². The number of carbonyl (C=O) groups is 2. The number of rotatable bonds is 9. The van der Waals surface area contributed by atoms with Gasteiger partial charge in [0.15, 0.2) is 6.61 Å². The van der Waals surface area contributed by atoms with Crippen LogP contribution < -0.4 is 15.6 Å². The van der Waals surface area contributed by atoms with Crippen molar-refractivity contribution in [1.82, 2.24) is 15.8 Å². The van der Waals surface area contributed by atoms with Crippen molar-refractivity contribution >= 4 is 11.8 Å². The van der Waals surface area contributed by atoms with Crippen LogP contribution in [0.4, 0.5) is 0 Å². The molecule has 3 aromatic carbocycles. The quantitative estimate of drug-likeness (QED) is 0.478. The molecule has 0 atom stereocenters. The molecule has 0 saturated carbocycles. The average Bonchev–Trinajstić information content (AvgIpc) is 2.85. The molecule has 0 aromatic heterocycles. The monoisotopic (exact) mass is 445 g/mol. The van der Waals surface area contributed by atoms with Crippen molar-refractivity contribution in [3.8, 4) is 16.9 Å². The minimum atomic E-state index is -0.446. The van der Waals surface area contributed by atoms with Gasteiger partial charge in [0, 0.05) is 23.7 Å². The lowest BCUT2D eigenvalue weighted by atomic mass is 10.1. The Balaban J connectivity index is 1.50. The second kappa shape index (κ2) is 11.8. The Kier molecular flexibility index (Phi) is 8.61. The van der Waals surface area contributed by atoms with Crippen LogP contribution in [0.1, 0.15) is 36.7 Å². The number of carbonyl (C=O) groups excluding carboxylic acids is 2. The number of para-hydroxylation sites is 1. The maximum atomic E-state index is 12.4. The summed E-state index contributed by atoms with van der Waals surface area (Å²) in [5, 5.41) is 0. The fourth-order valence-corrected chi connectivity index (χ4v) is 3.48. The number of ether oxygens (including phenoxy) is 1. The molecular formula is C27H31N3O3. The van der Waals surface area contributed by atoms with Gasteiger partial charge < -0.3 is 4.74 Å². The molecule has 0 unspecified atom stereocenters. The molecule has 6 heteroatoms. The Morgan fingerprint density at radius 3 is 2.21 bits per heavy atom. The Bertz CT molecular complexity index is 1050. The predicted molar refractivity (Wildman–Crippen MR) is 131 cm³/mol. The Morgan fingerprint density at radius 1 is 0.879 bits per heavy atom. The lowest BCUT2D eigenvalue weighted by Gasteiger charge is -2.24. The first-order chi connectivity index (χ1) is 16.0. The molecule has 0 aliphatic rings. The standard InChI is InChI=1S/C27H31N3O3/c1-4-30(20(2)3)18-21-14-16-23(17-15-21)27(32)29-28-26(31)19-33-25-13-9-8-12-24(25)22-10-6-5-7-11-22/h5-17,20H,4,18-19H2,1-3H3,(H,28,31)(H,29,32). The number of amides is 2. The van der Waals surface area contributed by atoms with Crippen molar-refractivity contribution in [3.05, 3.63) is 90.0 Å². The number of hydrogen-bond donors (Lipinski definition) is 2. The highest BCUT2D eigenvalue weighted by Crippen LogP contribution is 2.29. The van der Waals surface area contributed by atoms with Crippen LogP contribution in [0.25, 0.3) is 11.1 Å². The molecule has 0 spiro atoms. The van der Waals surface area contributed by atoms with Crippen molar-refractivity contribution in [2.75, 3.05) is 13.2 Å². The lowest BCUT2D eigenvalue weighted by Crippen LogP contribution is -2.43. The zero-order valence-electron chi connectivity index (χ0n) is 19.4. The second-order valence-corrected chi connectivity index (χ2v) is 8.01. The van der Waals surface area contributed by atoms with Crippen molar-refractivity contribution < 1.29 is 14.3 Å². The largest absolute Gasteiger partial charge is 0.483 e. The van der Waals surface area contributed by atoms with Crippen molar-refractivity contribution in [2.24, 2.45) is 0 Å². The Labute approximate surface area is 195 Å². The van der Waals surface area contributed by atoms with Crippen LogP contribution in [-0.4, -0.2) is 35.9 Å². The predicted octanol–water partition coefficient (Wildman–Crippen LogP) is 4.42. The van der Waals surface area contributed by atoms with E-state index in [0.717, 1.165) is 29.8 Å². The summed E-state index contributed by atoms with van der Waals surface area (Å²) in [6, 6.07) is 25.2. The van der Waals surface area contributed by atoms with E-state index in [-0.39, 0.29) is 12.5 Å². The maximum Gasteiger partial charge on any atom is 0.276 e. The van der Waals surface area contributed by atoms with Crippen LogP contribution in [0.5, 0.6) is 5.75 Å². The van der Waals surface area contributed by atoms with E-state index in [1.54, 1.807) is 12.1 Å². The third-order valence-electron chi connectivity index (χ3n) is 5.38. The Morgan fingerprint density at radius 2 is 1.55 bits per heavy atom. The van der Waals surface area contributed by atoms with Crippen LogP contribution in [0, 0.1) is 0 Å². The molecule has 33 heavy (non-hydrogen) atoms. The van der Waals surface area contributed by atoms with Gasteiger partial charge >= 0.3 is 0 Å². The molecule has 0 bridgehead atoms. The first-order valence-electron chi connectivity index (χ1n) is 11.2. The molecule has 0 heterocycles. The summed E-state index contributed by atoms with van der Waals surface area (Å²) in [6.45, 7) is 8.04. The van der Waals surface area contributed by atoms with Gasteiger partial charge in [-0.15, -0.1) is 0 Å². The van der Waals surface area contributed by atoms with Gasteiger partial charge in [-0.25, -0.2) is 0 Å². The van der Waals surface area contributed by atoms with Crippen LogP contribution in [0.15, 0.2) is 78.9 Å². The van der Waals surface area contributed by atoms with E-state index in [2.05, 4.69) is 36.5 Å². The van der Waals surface area contributed by atoms with Gasteiger partial charge in [0.1, 0.15) is 5.75 Å².